The van der Waals surface area contributed by atoms with Gasteiger partial charge < -0.3 is 16.0 Å². The van der Waals surface area contributed by atoms with Crippen LogP contribution in [-0.4, -0.2) is 36.1 Å². The molecule has 106 valence electrons. The Morgan fingerprint density at radius 2 is 2.05 bits per heavy atom. The maximum Gasteiger partial charge on any atom is 0.134 e. The number of anilines is 2. The smallest absolute Gasteiger partial charge is 0.134 e. The monoisotopic (exact) mass is 290 g/mol. The molecule has 20 heavy (non-hydrogen) atoms. The predicted octanol–water partition coefficient (Wildman–Crippen LogP) is 2.98. The van der Waals surface area contributed by atoms with Gasteiger partial charge in [0.1, 0.15) is 5.82 Å². The molecule has 2 aromatic rings. The normalized spacial score (nSPS) is 17.5. The van der Waals surface area contributed by atoms with Gasteiger partial charge in [0.25, 0.3) is 0 Å². The molecule has 1 fully saturated rings. The van der Waals surface area contributed by atoms with Gasteiger partial charge in [-0.3, -0.25) is 0 Å². The maximum atomic E-state index is 6.12. The fourth-order valence-electron chi connectivity index (χ4n) is 2.74. The first-order valence-corrected chi connectivity index (χ1v) is 7.30. The number of fused-ring (bicyclic) bond motifs is 1. The lowest BCUT2D eigenvalue weighted by molar-refractivity contribution is 0.264. The lowest BCUT2D eigenvalue weighted by Crippen LogP contribution is -2.36. The van der Waals surface area contributed by atoms with Crippen molar-refractivity contribution in [2.24, 2.45) is 0 Å². The fourth-order valence-corrected chi connectivity index (χ4v) is 2.96. The molecular formula is C15H19ClN4. The molecule has 0 amide bonds. The number of pyridine rings is 1. The summed E-state index contributed by atoms with van der Waals surface area (Å²) in [6, 6.07) is 6.10. The van der Waals surface area contributed by atoms with E-state index in [-0.39, 0.29) is 0 Å². The van der Waals surface area contributed by atoms with Crippen molar-refractivity contribution in [3.8, 4) is 0 Å². The summed E-state index contributed by atoms with van der Waals surface area (Å²) < 4.78 is 0. The summed E-state index contributed by atoms with van der Waals surface area (Å²) in [5.74, 6) is 0.881. The molecule has 0 bridgehead atoms. The third-order valence-corrected chi connectivity index (χ3v) is 4.15. The number of likely N-dealkylation sites (tertiary alicyclic amines) is 1. The summed E-state index contributed by atoms with van der Waals surface area (Å²) >= 11 is 6.12. The lowest BCUT2D eigenvalue weighted by Gasteiger charge is -2.30. The fraction of sp³-hybridized carbons (Fsp3) is 0.400. The van der Waals surface area contributed by atoms with Crippen molar-refractivity contribution >= 4 is 33.9 Å². The Hall–Kier alpha value is -1.52. The zero-order valence-electron chi connectivity index (χ0n) is 11.6. The number of nitrogens with one attached hydrogen (secondary N) is 1. The molecule has 5 heteroatoms. The van der Waals surface area contributed by atoms with Gasteiger partial charge in [-0.1, -0.05) is 11.6 Å². The van der Waals surface area contributed by atoms with Gasteiger partial charge in [0.2, 0.25) is 0 Å². The van der Waals surface area contributed by atoms with Crippen LogP contribution in [0.5, 0.6) is 0 Å². The van der Waals surface area contributed by atoms with Gasteiger partial charge in [-0.2, -0.15) is 0 Å². The van der Waals surface area contributed by atoms with E-state index in [1.165, 1.54) is 0 Å². The highest BCUT2D eigenvalue weighted by atomic mass is 35.5. The van der Waals surface area contributed by atoms with Crippen molar-refractivity contribution in [2.45, 2.75) is 18.9 Å². The first-order chi connectivity index (χ1) is 9.63. The van der Waals surface area contributed by atoms with E-state index in [9.17, 15) is 0 Å². The molecule has 2 heterocycles. The Labute approximate surface area is 123 Å². The van der Waals surface area contributed by atoms with Crippen LogP contribution in [0, 0.1) is 0 Å². The molecular weight excluding hydrogens is 272 g/mol. The molecule has 0 radical (unpaired) electrons. The number of aromatic nitrogens is 1. The van der Waals surface area contributed by atoms with Crippen molar-refractivity contribution in [1.29, 1.82) is 0 Å². The third-order valence-electron chi connectivity index (χ3n) is 3.94. The number of rotatable bonds is 2. The molecule has 0 spiro atoms. The molecule has 3 rings (SSSR count). The number of nitrogen functional groups attached to an aromatic ring is 1. The number of nitrogens with zero attached hydrogens (tertiary/aromatic N) is 2. The largest absolute Gasteiger partial charge is 0.398 e. The van der Waals surface area contributed by atoms with Crippen LogP contribution in [0.2, 0.25) is 5.02 Å². The molecule has 1 aromatic carbocycles. The zero-order chi connectivity index (χ0) is 14.1. The summed E-state index contributed by atoms with van der Waals surface area (Å²) in [6.45, 7) is 2.23. The van der Waals surface area contributed by atoms with Gasteiger partial charge >= 0.3 is 0 Å². The Bertz CT molecular complexity index is 621. The Kier molecular flexibility index (Phi) is 3.68. The zero-order valence-corrected chi connectivity index (χ0v) is 12.3. The molecule has 0 aliphatic carbocycles. The van der Waals surface area contributed by atoms with Gasteiger partial charge in [-0.15, -0.1) is 0 Å². The Morgan fingerprint density at radius 1 is 1.30 bits per heavy atom. The third kappa shape index (κ3) is 2.67. The van der Waals surface area contributed by atoms with Crippen LogP contribution in [0.3, 0.4) is 0 Å². The van der Waals surface area contributed by atoms with Crippen LogP contribution in [-0.2, 0) is 0 Å². The molecule has 1 aromatic heterocycles. The van der Waals surface area contributed by atoms with E-state index in [1.807, 2.05) is 12.1 Å². The molecule has 1 saturated heterocycles. The first kappa shape index (κ1) is 13.5. The second-order valence-corrected chi connectivity index (χ2v) is 5.91. The second kappa shape index (κ2) is 5.46. The number of hydrogen-bond acceptors (Lipinski definition) is 4. The number of benzene rings is 1. The SMILES string of the molecule is CN1CCC(Nc2nccc3c(N)cc(Cl)cc23)CC1. The van der Waals surface area contributed by atoms with Crippen molar-refractivity contribution < 1.29 is 0 Å². The van der Waals surface area contributed by atoms with Crippen molar-refractivity contribution in [3.63, 3.8) is 0 Å². The summed E-state index contributed by atoms with van der Waals surface area (Å²) in [5, 5.41) is 6.19. The van der Waals surface area contributed by atoms with E-state index >= 15 is 0 Å². The topological polar surface area (TPSA) is 54.2 Å². The summed E-state index contributed by atoms with van der Waals surface area (Å²) in [7, 11) is 2.16. The molecule has 0 unspecified atom stereocenters. The Balaban J connectivity index is 1.91. The van der Waals surface area contributed by atoms with Crippen LogP contribution in [0.1, 0.15) is 12.8 Å². The number of nitrogens with two attached hydrogens (primary N) is 1. The highest BCUT2D eigenvalue weighted by Gasteiger charge is 2.17. The van der Waals surface area contributed by atoms with Gasteiger partial charge in [0.05, 0.1) is 0 Å². The van der Waals surface area contributed by atoms with E-state index < -0.39 is 0 Å². The van der Waals surface area contributed by atoms with Crippen LogP contribution < -0.4 is 11.1 Å². The first-order valence-electron chi connectivity index (χ1n) is 6.92. The van der Waals surface area contributed by atoms with E-state index in [2.05, 4.69) is 22.2 Å². The van der Waals surface area contributed by atoms with Gasteiger partial charge in [-0.05, 0) is 51.2 Å². The van der Waals surface area contributed by atoms with Gasteiger partial charge in [0.15, 0.2) is 0 Å². The second-order valence-electron chi connectivity index (χ2n) is 5.47. The number of hydrogen-bond donors (Lipinski definition) is 2. The predicted molar refractivity (Wildman–Crippen MR) is 85.3 cm³/mol. The van der Waals surface area contributed by atoms with E-state index in [0.29, 0.717) is 16.8 Å². The van der Waals surface area contributed by atoms with E-state index in [0.717, 1.165) is 42.5 Å². The van der Waals surface area contributed by atoms with Crippen LogP contribution >= 0.6 is 11.6 Å². The maximum absolute atomic E-state index is 6.12. The quantitative estimate of drug-likeness (QED) is 0.835. The summed E-state index contributed by atoms with van der Waals surface area (Å²) in [5.41, 5.74) is 6.73. The standard InChI is InChI=1S/C15H19ClN4/c1-20-6-3-11(4-7-20)19-15-13-8-10(16)9-14(17)12(13)2-5-18-15/h2,5,8-9,11H,3-4,6-7,17H2,1H3,(H,18,19). The van der Waals surface area contributed by atoms with Crippen molar-refractivity contribution in [1.82, 2.24) is 9.88 Å². The number of piperidine rings is 1. The minimum absolute atomic E-state index is 0.463. The molecule has 4 nitrogen and oxygen atoms in total. The van der Waals surface area contributed by atoms with Crippen molar-refractivity contribution in [2.75, 3.05) is 31.2 Å². The van der Waals surface area contributed by atoms with Gasteiger partial charge in [0, 0.05) is 33.7 Å². The highest BCUT2D eigenvalue weighted by molar-refractivity contribution is 6.32. The molecule has 1 aliphatic heterocycles. The highest BCUT2D eigenvalue weighted by Crippen LogP contribution is 2.30. The van der Waals surface area contributed by atoms with E-state index in [1.54, 1.807) is 12.3 Å². The minimum atomic E-state index is 0.463. The number of halogens is 1. The van der Waals surface area contributed by atoms with Crippen LogP contribution in [0.15, 0.2) is 24.4 Å². The average molecular weight is 291 g/mol. The van der Waals surface area contributed by atoms with E-state index in [4.69, 9.17) is 17.3 Å². The lowest BCUT2D eigenvalue weighted by atomic mass is 10.0. The average Bonchev–Trinajstić information content (AvgIpc) is 2.42. The molecule has 3 N–H and O–H groups in total. The van der Waals surface area contributed by atoms with Crippen molar-refractivity contribution in [3.05, 3.63) is 29.4 Å². The van der Waals surface area contributed by atoms with Crippen LogP contribution in [0.4, 0.5) is 11.5 Å². The summed E-state index contributed by atoms with van der Waals surface area (Å²) in [6.07, 6.45) is 4.05. The summed E-state index contributed by atoms with van der Waals surface area (Å²) in [4.78, 5) is 6.81. The van der Waals surface area contributed by atoms with Crippen LogP contribution in [0.25, 0.3) is 10.8 Å². The molecule has 0 saturated carbocycles. The van der Waals surface area contributed by atoms with Gasteiger partial charge in [-0.25, -0.2) is 4.98 Å². The minimum Gasteiger partial charge on any atom is -0.398 e. The molecule has 0 atom stereocenters. The molecule has 1 aliphatic rings. The Morgan fingerprint density at radius 3 is 2.80 bits per heavy atom.